The summed E-state index contributed by atoms with van der Waals surface area (Å²) in [6, 6.07) is 5.77. The van der Waals surface area contributed by atoms with E-state index in [2.05, 4.69) is 15.9 Å². The molecule has 2 N–H and O–H groups in total. The Hall–Kier alpha value is -0.0500. The second kappa shape index (κ2) is 3.99. The van der Waals surface area contributed by atoms with Crippen LogP contribution in [0.5, 0.6) is 0 Å². The van der Waals surface area contributed by atoms with Gasteiger partial charge in [0.2, 0.25) is 0 Å². The van der Waals surface area contributed by atoms with Gasteiger partial charge in [-0.3, -0.25) is 0 Å². The number of halogens is 2. The van der Waals surface area contributed by atoms with E-state index in [0.29, 0.717) is 0 Å². The zero-order chi connectivity index (χ0) is 10.1. The van der Waals surface area contributed by atoms with Gasteiger partial charge in [-0.15, -0.1) is 0 Å². The highest BCUT2D eigenvalue weighted by Gasteiger charge is 2.13. The van der Waals surface area contributed by atoms with Crippen molar-refractivity contribution in [2.24, 2.45) is 5.73 Å². The van der Waals surface area contributed by atoms with Gasteiger partial charge in [0, 0.05) is 15.0 Å². The van der Waals surface area contributed by atoms with Crippen molar-refractivity contribution in [2.45, 2.75) is 25.8 Å². The molecule has 3 heteroatoms. The minimum Gasteiger partial charge on any atom is -0.325 e. The molecule has 0 heterocycles. The topological polar surface area (TPSA) is 26.0 Å². The van der Waals surface area contributed by atoms with Crippen molar-refractivity contribution >= 4 is 27.5 Å². The molecule has 0 atom stereocenters. The Morgan fingerprint density at radius 2 is 2.08 bits per heavy atom. The predicted octanol–water partition coefficient (Wildman–Crippen LogP) is 3.38. The second-order valence-electron chi connectivity index (χ2n) is 3.90. The molecular formula is C10H13BrClN. The maximum atomic E-state index is 5.92. The molecule has 0 fully saturated rings. The number of rotatable bonds is 2. The summed E-state index contributed by atoms with van der Waals surface area (Å²) in [5.41, 5.74) is 6.93. The molecule has 1 rings (SSSR count). The molecule has 72 valence electrons. The van der Waals surface area contributed by atoms with Crippen LogP contribution in [-0.4, -0.2) is 5.54 Å². The third kappa shape index (κ3) is 3.67. The highest BCUT2D eigenvalue weighted by atomic mass is 79.9. The summed E-state index contributed by atoms with van der Waals surface area (Å²) in [5.74, 6) is 0. The molecule has 1 aromatic carbocycles. The Morgan fingerprint density at radius 3 is 2.54 bits per heavy atom. The number of hydrogen-bond donors (Lipinski definition) is 1. The molecule has 0 saturated carbocycles. The van der Waals surface area contributed by atoms with Crippen molar-refractivity contribution in [3.05, 3.63) is 33.3 Å². The fourth-order valence-electron chi connectivity index (χ4n) is 1.16. The van der Waals surface area contributed by atoms with Crippen LogP contribution in [0.1, 0.15) is 19.4 Å². The maximum Gasteiger partial charge on any atom is 0.0417 e. The number of benzene rings is 1. The van der Waals surface area contributed by atoms with E-state index in [4.69, 9.17) is 17.3 Å². The van der Waals surface area contributed by atoms with Gasteiger partial charge in [-0.2, -0.15) is 0 Å². The van der Waals surface area contributed by atoms with Gasteiger partial charge in [0.05, 0.1) is 0 Å². The first-order valence-corrected chi connectivity index (χ1v) is 5.28. The van der Waals surface area contributed by atoms with Gasteiger partial charge in [-0.05, 0) is 38.0 Å². The van der Waals surface area contributed by atoms with Crippen LogP contribution < -0.4 is 5.73 Å². The average molecular weight is 263 g/mol. The smallest absolute Gasteiger partial charge is 0.0417 e. The Labute approximate surface area is 92.4 Å². The Morgan fingerprint density at radius 1 is 1.46 bits per heavy atom. The van der Waals surface area contributed by atoms with Crippen LogP contribution in [0.3, 0.4) is 0 Å². The lowest BCUT2D eigenvalue weighted by molar-refractivity contribution is 0.516. The van der Waals surface area contributed by atoms with E-state index in [0.717, 1.165) is 15.9 Å². The van der Waals surface area contributed by atoms with Crippen molar-refractivity contribution < 1.29 is 0 Å². The average Bonchev–Trinajstić information content (AvgIpc) is 1.93. The monoisotopic (exact) mass is 261 g/mol. The van der Waals surface area contributed by atoms with E-state index in [1.165, 1.54) is 5.56 Å². The predicted molar refractivity (Wildman–Crippen MR) is 61.1 cm³/mol. The molecule has 0 radical (unpaired) electrons. The number of nitrogens with two attached hydrogens (primary N) is 1. The SMILES string of the molecule is CC(C)(N)Cc1ccc(Cl)cc1Br. The van der Waals surface area contributed by atoms with Gasteiger partial charge < -0.3 is 5.73 Å². The summed E-state index contributed by atoms with van der Waals surface area (Å²) in [4.78, 5) is 0. The van der Waals surface area contributed by atoms with Crippen LogP contribution in [0.15, 0.2) is 22.7 Å². The largest absolute Gasteiger partial charge is 0.325 e. The quantitative estimate of drug-likeness (QED) is 0.869. The first-order chi connectivity index (χ1) is 5.88. The molecule has 1 nitrogen and oxygen atoms in total. The summed E-state index contributed by atoms with van der Waals surface area (Å²) in [6.45, 7) is 4.02. The van der Waals surface area contributed by atoms with Crippen LogP contribution in [-0.2, 0) is 6.42 Å². The van der Waals surface area contributed by atoms with E-state index in [9.17, 15) is 0 Å². The third-order valence-corrected chi connectivity index (χ3v) is 2.63. The lowest BCUT2D eigenvalue weighted by Crippen LogP contribution is -2.34. The van der Waals surface area contributed by atoms with E-state index in [-0.39, 0.29) is 5.54 Å². The molecule has 0 saturated heterocycles. The van der Waals surface area contributed by atoms with Crippen LogP contribution in [0.4, 0.5) is 0 Å². The number of hydrogen-bond acceptors (Lipinski definition) is 1. The zero-order valence-corrected chi connectivity index (χ0v) is 10.1. The molecular weight excluding hydrogens is 249 g/mol. The van der Waals surface area contributed by atoms with Crippen molar-refractivity contribution in [3.63, 3.8) is 0 Å². The normalized spacial score (nSPS) is 11.8. The van der Waals surface area contributed by atoms with E-state index in [1.54, 1.807) is 0 Å². The molecule has 0 aliphatic carbocycles. The zero-order valence-electron chi connectivity index (χ0n) is 7.77. The fourth-order valence-corrected chi connectivity index (χ4v) is 1.98. The van der Waals surface area contributed by atoms with E-state index in [1.807, 2.05) is 32.0 Å². The third-order valence-electron chi connectivity index (χ3n) is 1.66. The van der Waals surface area contributed by atoms with Gasteiger partial charge in [0.15, 0.2) is 0 Å². The van der Waals surface area contributed by atoms with Crippen LogP contribution in [0, 0.1) is 0 Å². The van der Waals surface area contributed by atoms with Gasteiger partial charge >= 0.3 is 0 Å². The van der Waals surface area contributed by atoms with Gasteiger partial charge in [0.1, 0.15) is 0 Å². The minimum atomic E-state index is -0.184. The van der Waals surface area contributed by atoms with Crippen molar-refractivity contribution in [1.82, 2.24) is 0 Å². The lowest BCUT2D eigenvalue weighted by atomic mass is 9.96. The van der Waals surface area contributed by atoms with Crippen molar-refractivity contribution in [1.29, 1.82) is 0 Å². The summed E-state index contributed by atoms with van der Waals surface area (Å²) < 4.78 is 1.03. The molecule has 13 heavy (non-hydrogen) atoms. The van der Waals surface area contributed by atoms with Crippen LogP contribution in [0.25, 0.3) is 0 Å². The van der Waals surface area contributed by atoms with E-state index < -0.39 is 0 Å². The molecule has 0 aliphatic rings. The standard InChI is InChI=1S/C10H13BrClN/c1-10(2,13)6-7-3-4-8(12)5-9(7)11/h3-5H,6,13H2,1-2H3. The Balaban J connectivity index is 2.90. The summed E-state index contributed by atoms with van der Waals surface area (Å²) >= 11 is 9.29. The van der Waals surface area contributed by atoms with Crippen LogP contribution >= 0.6 is 27.5 Å². The first-order valence-electron chi connectivity index (χ1n) is 4.11. The summed E-state index contributed by atoms with van der Waals surface area (Å²) in [6.07, 6.45) is 0.838. The summed E-state index contributed by atoms with van der Waals surface area (Å²) in [7, 11) is 0. The van der Waals surface area contributed by atoms with E-state index >= 15 is 0 Å². The molecule has 0 spiro atoms. The Bertz CT molecular complexity index is 304. The van der Waals surface area contributed by atoms with Crippen LogP contribution in [0.2, 0.25) is 5.02 Å². The van der Waals surface area contributed by atoms with Gasteiger partial charge in [0.25, 0.3) is 0 Å². The lowest BCUT2D eigenvalue weighted by Gasteiger charge is -2.19. The fraction of sp³-hybridized carbons (Fsp3) is 0.400. The van der Waals surface area contributed by atoms with Gasteiger partial charge in [-0.1, -0.05) is 33.6 Å². The van der Waals surface area contributed by atoms with Crippen molar-refractivity contribution in [3.8, 4) is 0 Å². The molecule has 0 amide bonds. The highest BCUT2D eigenvalue weighted by molar-refractivity contribution is 9.10. The van der Waals surface area contributed by atoms with Crippen molar-refractivity contribution in [2.75, 3.05) is 0 Å². The molecule has 0 aliphatic heterocycles. The molecule has 0 unspecified atom stereocenters. The minimum absolute atomic E-state index is 0.184. The highest BCUT2D eigenvalue weighted by Crippen LogP contribution is 2.24. The Kier molecular flexibility index (Phi) is 3.38. The first kappa shape index (κ1) is 11.0. The van der Waals surface area contributed by atoms with Gasteiger partial charge in [-0.25, -0.2) is 0 Å². The maximum absolute atomic E-state index is 5.92. The molecule has 0 bridgehead atoms. The molecule has 0 aromatic heterocycles. The molecule has 1 aromatic rings. The summed E-state index contributed by atoms with van der Waals surface area (Å²) in [5, 5.41) is 0.741. The second-order valence-corrected chi connectivity index (χ2v) is 5.19.